The molecule has 3 rings (SSSR count). The van der Waals surface area contributed by atoms with E-state index in [9.17, 15) is 4.39 Å². The molecule has 1 unspecified atom stereocenters. The van der Waals surface area contributed by atoms with Gasteiger partial charge in [0.25, 0.3) is 0 Å². The van der Waals surface area contributed by atoms with E-state index in [-0.39, 0.29) is 11.8 Å². The first-order valence-electron chi connectivity index (χ1n) is 7.14. The van der Waals surface area contributed by atoms with Gasteiger partial charge in [-0.05, 0) is 37.5 Å². The molecular weight excluding hydrogens is 269 g/mol. The lowest BCUT2D eigenvalue weighted by molar-refractivity contribution is 0.386. The molecular formula is C16H18FN3O. The number of rotatable bonds is 2. The largest absolute Gasteiger partial charge is 0.494 e. The van der Waals surface area contributed by atoms with Crippen molar-refractivity contribution in [3.63, 3.8) is 0 Å². The van der Waals surface area contributed by atoms with Gasteiger partial charge in [-0.15, -0.1) is 0 Å². The molecule has 0 radical (unpaired) electrons. The van der Waals surface area contributed by atoms with Gasteiger partial charge < -0.3 is 10.5 Å². The SMILES string of the molecule is COc1cc(-c2ncc3c(n2)CCCCC3N)ccc1F. The number of fused-ring (bicyclic) bond motifs is 1. The number of hydrogen-bond acceptors (Lipinski definition) is 4. The molecule has 0 amide bonds. The van der Waals surface area contributed by atoms with Crippen LogP contribution >= 0.6 is 0 Å². The fourth-order valence-corrected chi connectivity index (χ4v) is 2.69. The number of halogens is 1. The Bertz CT molecular complexity index is 660. The molecule has 2 aromatic rings. The minimum Gasteiger partial charge on any atom is -0.494 e. The predicted molar refractivity (Wildman–Crippen MR) is 78.5 cm³/mol. The molecule has 1 atom stereocenters. The topological polar surface area (TPSA) is 61.0 Å². The zero-order valence-electron chi connectivity index (χ0n) is 12.0. The van der Waals surface area contributed by atoms with E-state index in [1.165, 1.54) is 13.2 Å². The van der Waals surface area contributed by atoms with Crippen LogP contribution in [-0.4, -0.2) is 17.1 Å². The molecule has 0 spiro atoms. The monoisotopic (exact) mass is 287 g/mol. The second-order valence-corrected chi connectivity index (χ2v) is 5.30. The van der Waals surface area contributed by atoms with Gasteiger partial charge >= 0.3 is 0 Å². The Labute approximate surface area is 123 Å². The third kappa shape index (κ3) is 2.74. The average Bonchev–Trinajstić information content (AvgIpc) is 2.69. The zero-order chi connectivity index (χ0) is 14.8. The Kier molecular flexibility index (Phi) is 3.84. The number of ether oxygens (including phenoxy) is 1. The molecule has 1 aliphatic carbocycles. The summed E-state index contributed by atoms with van der Waals surface area (Å²) in [5.41, 5.74) is 8.94. The van der Waals surface area contributed by atoms with Crippen molar-refractivity contribution in [1.29, 1.82) is 0 Å². The number of nitrogens with zero attached hydrogens (tertiary/aromatic N) is 2. The summed E-state index contributed by atoms with van der Waals surface area (Å²) in [5.74, 6) is 0.391. The molecule has 110 valence electrons. The van der Waals surface area contributed by atoms with Crippen molar-refractivity contribution < 1.29 is 9.13 Å². The highest BCUT2D eigenvalue weighted by Crippen LogP contribution is 2.28. The number of nitrogens with two attached hydrogens (primary N) is 1. The van der Waals surface area contributed by atoms with Crippen molar-refractivity contribution in [3.05, 3.63) is 41.5 Å². The molecule has 0 bridgehead atoms. The van der Waals surface area contributed by atoms with Crippen molar-refractivity contribution in [2.24, 2.45) is 5.73 Å². The van der Waals surface area contributed by atoms with Gasteiger partial charge in [-0.1, -0.05) is 6.42 Å². The van der Waals surface area contributed by atoms with Crippen LogP contribution < -0.4 is 10.5 Å². The number of hydrogen-bond donors (Lipinski definition) is 1. The number of methoxy groups -OCH3 is 1. The number of benzene rings is 1. The maximum Gasteiger partial charge on any atom is 0.165 e. The maximum atomic E-state index is 13.5. The highest BCUT2D eigenvalue weighted by atomic mass is 19.1. The average molecular weight is 287 g/mol. The van der Waals surface area contributed by atoms with Gasteiger partial charge in [0.2, 0.25) is 0 Å². The van der Waals surface area contributed by atoms with Crippen LogP contribution in [0.3, 0.4) is 0 Å². The fourth-order valence-electron chi connectivity index (χ4n) is 2.69. The van der Waals surface area contributed by atoms with Crippen LogP contribution in [0.25, 0.3) is 11.4 Å². The van der Waals surface area contributed by atoms with Gasteiger partial charge in [0.05, 0.1) is 7.11 Å². The van der Waals surface area contributed by atoms with Crippen molar-refractivity contribution in [1.82, 2.24) is 9.97 Å². The summed E-state index contributed by atoms with van der Waals surface area (Å²) in [6, 6.07) is 4.66. The molecule has 0 saturated heterocycles. The normalized spacial score (nSPS) is 18.0. The van der Waals surface area contributed by atoms with Crippen LogP contribution in [0.1, 0.15) is 36.6 Å². The van der Waals surface area contributed by atoms with Gasteiger partial charge in [-0.25, -0.2) is 14.4 Å². The molecule has 1 aromatic carbocycles. The van der Waals surface area contributed by atoms with Gasteiger partial charge in [-0.3, -0.25) is 0 Å². The fraction of sp³-hybridized carbons (Fsp3) is 0.375. The second kappa shape index (κ2) is 5.77. The highest BCUT2D eigenvalue weighted by Gasteiger charge is 2.18. The molecule has 1 aliphatic rings. The van der Waals surface area contributed by atoms with Crippen LogP contribution in [0.15, 0.2) is 24.4 Å². The summed E-state index contributed by atoms with van der Waals surface area (Å²) in [6.45, 7) is 0. The lowest BCUT2D eigenvalue weighted by atomic mass is 10.1. The summed E-state index contributed by atoms with van der Waals surface area (Å²) in [7, 11) is 1.44. The molecule has 0 saturated carbocycles. The Morgan fingerprint density at radius 2 is 2.19 bits per heavy atom. The summed E-state index contributed by atoms with van der Waals surface area (Å²) in [5, 5.41) is 0. The van der Waals surface area contributed by atoms with Gasteiger partial charge in [0, 0.05) is 29.1 Å². The van der Waals surface area contributed by atoms with Gasteiger partial charge in [-0.2, -0.15) is 0 Å². The van der Waals surface area contributed by atoms with Crippen LogP contribution in [0.2, 0.25) is 0 Å². The Morgan fingerprint density at radius 1 is 1.33 bits per heavy atom. The minimum absolute atomic E-state index is 0.0132. The first-order valence-corrected chi connectivity index (χ1v) is 7.14. The molecule has 5 heteroatoms. The standard InChI is InChI=1S/C16H18FN3O/c1-21-15-8-10(6-7-12(15)17)16-19-9-11-13(18)4-2-3-5-14(11)20-16/h6-9,13H,2-5,18H2,1H3. The van der Waals surface area contributed by atoms with Crippen LogP contribution in [0, 0.1) is 5.82 Å². The van der Waals surface area contributed by atoms with Gasteiger partial charge in [0.15, 0.2) is 17.4 Å². The third-order valence-electron chi connectivity index (χ3n) is 3.89. The van der Waals surface area contributed by atoms with Crippen molar-refractivity contribution in [2.75, 3.05) is 7.11 Å². The van der Waals surface area contributed by atoms with E-state index in [2.05, 4.69) is 9.97 Å². The summed E-state index contributed by atoms with van der Waals surface area (Å²) >= 11 is 0. The Balaban J connectivity index is 2.02. The smallest absolute Gasteiger partial charge is 0.165 e. The van der Waals surface area contributed by atoms with Crippen LogP contribution in [-0.2, 0) is 6.42 Å². The minimum atomic E-state index is -0.391. The first-order chi connectivity index (χ1) is 10.2. The number of aryl methyl sites for hydroxylation is 1. The van der Waals surface area contributed by atoms with E-state index in [4.69, 9.17) is 10.5 Å². The van der Waals surface area contributed by atoms with E-state index in [1.54, 1.807) is 12.1 Å². The van der Waals surface area contributed by atoms with Crippen molar-refractivity contribution in [3.8, 4) is 17.1 Å². The molecule has 2 N–H and O–H groups in total. The zero-order valence-corrected chi connectivity index (χ0v) is 12.0. The molecule has 0 fully saturated rings. The Hall–Kier alpha value is -2.01. The van der Waals surface area contributed by atoms with E-state index in [0.717, 1.165) is 42.5 Å². The molecule has 4 nitrogen and oxygen atoms in total. The predicted octanol–water partition coefficient (Wildman–Crippen LogP) is 3.02. The summed E-state index contributed by atoms with van der Waals surface area (Å²) < 4.78 is 18.5. The van der Waals surface area contributed by atoms with Gasteiger partial charge in [0.1, 0.15) is 0 Å². The Morgan fingerprint density at radius 3 is 3.00 bits per heavy atom. The second-order valence-electron chi connectivity index (χ2n) is 5.30. The van der Waals surface area contributed by atoms with E-state index < -0.39 is 5.82 Å². The molecule has 21 heavy (non-hydrogen) atoms. The number of aromatic nitrogens is 2. The maximum absolute atomic E-state index is 13.5. The summed E-state index contributed by atoms with van der Waals surface area (Å²) in [4.78, 5) is 9.02. The quantitative estimate of drug-likeness (QED) is 0.862. The van der Waals surface area contributed by atoms with Crippen LogP contribution in [0.5, 0.6) is 5.75 Å². The lowest BCUT2D eigenvalue weighted by Crippen LogP contribution is -2.12. The highest BCUT2D eigenvalue weighted by molar-refractivity contribution is 5.58. The van der Waals surface area contributed by atoms with E-state index in [0.29, 0.717) is 5.82 Å². The van der Waals surface area contributed by atoms with E-state index >= 15 is 0 Å². The first kappa shape index (κ1) is 13.9. The van der Waals surface area contributed by atoms with E-state index in [1.807, 2.05) is 6.20 Å². The molecule has 0 aliphatic heterocycles. The summed E-state index contributed by atoms with van der Waals surface area (Å²) in [6.07, 6.45) is 5.89. The van der Waals surface area contributed by atoms with Crippen molar-refractivity contribution >= 4 is 0 Å². The third-order valence-corrected chi connectivity index (χ3v) is 3.89. The molecule has 1 heterocycles. The van der Waals surface area contributed by atoms with Crippen LogP contribution in [0.4, 0.5) is 4.39 Å². The molecule has 1 aromatic heterocycles. The lowest BCUT2D eigenvalue weighted by Gasteiger charge is -2.12. The van der Waals surface area contributed by atoms with Crippen molar-refractivity contribution in [2.45, 2.75) is 31.7 Å².